The minimum atomic E-state index is -1.18. The Hall–Kier alpha value is -2.21. The summed E-state index contributed by atoms with van der Waals surface area (Å²) in [7, 11) is 0. The zero-order valence-corrected chi connectivity index (χ0v) is 14.4. The van der Waals surface area contributed by atoms with Crippen LogP contribution in [0.4, 0.5) is 5.69 Å². The molecule has 1 N–H and O–H groups in total. The topological polar surface area (TPSA) is 82.1 Å². The van der Waals surface area contributed by atoms with E-state index in [2.05, 4.69) is 10.3 Å². The molecule has 0 bridgehead atoms. The van der Waals surface area contributed by atoms with E-state index in [1.165, 1.54) is 11.3 Å². The van der Waals surface area contributed by atoms with Crippen LogP contribution in [0, 0.1) is 20.8 Å². The molecule has 1 heterocycles. The quantitative estimate of drug-likeness (QED) is 0.909. The SMILES string of the molecule is Cc1cc(C)c(NC(=O)[C@H](C)c2nc(CC(=O)[O-])cs2)c(C)c1. The highest BCUT2D eigenvalue weighted by Crippen LogP contribution is 2.26. The number of nitrogens with one attached hydrogen (secondary N) is 1. The Morgan fingerprint density at radius 3 is 2.43 bits per heavy atom. The van der Waals surface area contributed by atoms with Gasteiger partial charge >= 0.3 is 0 Å². The Labute approximate surface area is 139 Å². The Morgan fingerprint density at radius 1 is 1.26 bits per heavy atom. The van der Waals surface area contributed by atoms with Crippen LogP contribution >= 0.6 is 11.3 Å². The van der Waals surface area contributed by atoms with E-state index in [0.29, 0.717) is 10.7 Å². The number of carbonyl (C=O) groups excluding carboxylic acids is 2. The van der Waals surface area contributed by atoms with Crippen LogP contribution in [0.2, 0.25) is 0 Å². The predicted molar refractivity (Wildman–Crippen MR) is 88.5 cm³/mol. The molecule has 6 heteroatoms. The maximum atomic E-state index is 12.5. The number of carbonyl (C=O) groups is 2. The number of carboxylic acids is 1. The molecule has 0 aliphatic rings. The van der Waals surface area contributed by atoms with Crippen LogP contribution in [0.25, 0.3) is 0 Å². The number of rotatable bonds is 5. The molecular weight excluding hydrogens is 312 g/mol. The lowest BCUT2D eigenvalue weighted by Gasteiger charge is -2.15. The van der Waals surface area contributed by atoms with Crippen LogP contribution in [-0.2, 0) is 16.0 Å². The Balaban J connectivity index is 2.14. The molecule has 1 atom stereocenters. The van der Waals surface area contributed by atoms with E-state index in [4.69, 9.17) is 0 Å². The minimum absolute atomic E-state index is 0.158. The summed E-state index contributed by atoms with van der Waals surface area (Å²) in [6, 6.07) is 4.04. The lowest BCUT2D eigenvalue weighted by atomic mass is 10.0. The zero-order chi connectivity index (χ0) is 17.1. The molecule has 2 rings (SSSR count). The molecule has 1 aromatic carbocycles. The number of benzene rings is 1. The van der Waals surface area contributed by atoms with Gasteiger partial charge < -0.3 is 15.2 Å². The van der Waals surface area contributed by atoms with Crippen LogP contribution in [0.5, 0.6) is 0 Å². The van der Waals surface area contributed by atoms with E-state index in [0.717, 1.165) is 22.4 Å². The second kappa shape index (κ2) is 6.91. The third kappa shape index (κ3) is 4.16. The molecule has 122 valence electrons. The number of amides is 1. The fraction of sp³-hybridized carbons (Fsp3) is 0.353. The molecule has 1 aromatic heterocycles. The molecule has 0 fully saturated rings. The lowest BCUT2D eigenvalue weighted by molar-refractivity contribution is -0.304. The van der Waals surface area contributed by atoms with Crippen molar-refractivity contribution in [1.29, 1.82) is 0 Å². The molecule has 0 unspecified atom stereocenters. The summed E-state index contributed by atoms with van der Waals surface area (Å²) in [6.07, 6.45) is -0.235. The first kappa shape index (κ1) is 17.1. The lowest BCUT2D eigenvalue weighted by Crippen LogP contribution is -2.24. The second-order valence-electron chi connectivity index (χ2n) is 5.71. The van der Waals surface area contributed by atoms with E-state index in [1.54, 1.807) is 12.3 Å². The highest BCUT2D eigenvalue weighted by molar-refractivity contribution is 7.09. The van der Waals surface area contributed by atoms with Crippen molar-refractivity contribution in [3.63, 3.8) is 0 Å². The third-order valence-electron chi connectivity index (χ3n) is 3.58. The number of aromatic nitrogens is 1. The van der Waals surface area contributed by atoms with Crippen molar-refractivity contribution >= 4 is 28.9 Å². The van der Waals surface area contributed by atoms with Gasteiger partial charge in [0, 0.05) is 23.5 Å². The van der Waals surface area contributed by atoms with Crippen molar-refractivity contribution in [3.8, 4) is 0 Å². The third-order valence-corrected chi connectivity index (χ3v) is 4.66. The number of hydrogen-bond acceptors (Lipinski definition) is 5. The molecule has 23 heavy (non-hydrogen) atoms. The largest absolute Gasteiger partial charge is 0.550 e. The highest BCUT2D eigenvalue weighted by Gasteiger charge is 2.20. The summed E-state index contributed by atoms with van der Waals surface area (Å²) < 4.78 is 0. The first-order valence-electron chi connectivity index (χ1n) is 7.30. The van der Waals surface area contributed by atoms with Gasteiger partial charge in [-0.1, -0.05) is 17.7 Å². The fourth-order valence-corrected chi connectivity index (χ4v) is 3.35. The number of carboxylic acid groups (broad SMARTS) is 1. The molecule has 1 amide bonds. The monoisotopic (exact) mass is 331 g/mol. The van der Waals surface area contributed by atoms with E-state index < -0.39 is 11.9 Å². The minimum Gasteiger partial charge on any atom is -0.550 e. The normalized spacial score (nSPS) is 12.0. The van der Waals surface area contributed by atoms with Gasteiger partial charge in [0.15, 0.2) is 0 Å². The summed E-state index contributed by atoms with van der Waals surface area (Å²) in [4.78, 5) is 27.3. The zero-order valence-electron chi connectivity index (χ0n) is 13.6. The molecule has 0 radical (unpaired) electrons. The predicted octanol–water partition coefficient (Wildman–Crippen LogP) is 2.10. The number of aryl methyl sites for hydroxylation is 3. The van der Waals surface area contributed by atoms with Crippen molar-refractivity contribution < 1.29 is 14.7 Å². The van der Waals surface area contributed by atoms with Crippen LogP contribution in [0.1, 0.15) is 40.2 Å². The van der Waals surface area contributed by atoms with Gasteiger partial charge in [-0.05, 0) is 38.8 Å². The van der Waals surface area contributed by atoms with Crippen LogP contribution in [-0.4, -0.2) is 16.9 Å². The number of hydrogen-bond donors (Lipinski definition) is 1. The van der Waals surface area contributed by atoms with Gasteiger partial charge in [-0.3, -0.25) is 4.79 Å². The van der Waals surface area contributed by atoms with Gasteiger partial charge in [-0.15, -0.1) is 11.3 Å². The molecule has 0 spiro atoms. The number of anilines is 1. The van der Waals surface area contributed by atoms with Crippen molar-refractivity contribution in [3.05, 3.63) is 44.9 Å². The molecule has 2 aromatic rings. The average molecular weight is 331 g/mol. The van der Waals surface area contributed by atoms with Gasteiger partial charge in [0.05, 0.1) is 11.6 Å². The summed E-state index contributed by atoms with van der Waals surface area (Å²) >= 11 is 1.29. The summed E-state index contributed by atoms with van der Waals surface area (Å²) in [5, 5.41) is 15.8. The molecular formula is C17H19N2O3S-. The van der Waals surface area contributed by atoms with Crippen LogP contribution in [0.3, 0.4) is 0 Å². The maximum absolute atomic E-state index is 12.5. The Bertz CT molecular complexity index is 729. The van der Waals surface area contributed by atoms with E-state index in [-0.39, 0.29) is 12.3 Å². The summed E-state index contributed by atoms with van der Waals surface area (Å²) in [5.41, 5.74) is 4.42. The van der Waals surface area contributed by atoms with Gasteiger partial charge in [0.1, 0.15) is 5.01 Å². The smallest absolute Gasteiger partial charge is 0.234 e. The standard InChI is InChI=1S/C17H20N2O3S/c1-9-5-10(2)15(11(3)6-9)19-16(22)12(4)17-18-13(8-23-17)7-14(20)21/h5-6,8,12H,7H2,1-4H3,(H,19,22)(H,20,21)/p-1/t12-/m0/s1. The van der Waals surface area contributed by atoms with Gasteiger partial charge in [0.25, 0.3) is 0 Å². The van der Waals surface area contributed by atoms with Gasteiger partial charge in [0.2, 0.25) is 5.91 Å². The van der Waals surface area contributed by atoms with E-state index in [1.807, 2.05) is 32.9 Å². The second-order valence-corrected chi connectivity index (χ2v) is 6.60. The van der Waals surface area contributed by atoms with Crippen molar-refractivity contribution in [1.82, 2.24) is 4.98 Å². The van der Waals surface area contributed by atoms with E-state index >= 15 is 0 Å². The summed E-state index contributed by atoms with van der Waals surface area (Å²) in [5.74, 6) is -1.78. The van der Waals surface area contributed by atoms with Gasteiger partial charge in [-0.2, -0.15) is 0 Å². The van der Waals surface area contributed by atoms with E-state index in [9.17, 15) is 14.7 Å². The number of nitrogens with zero attached hydrogens (tertiary/aromatic N) is 1. The average Bonchev–Trinajstić information content (AvgIpc) is 2.89. The molecule has 0 aliphatic carbocycles. The molecule has 0 saturated heterocycles. The van der Waals surface area contributed by atoms with Crippen molar-refractivity contribution in [2.24, 2.45) is 0 Å². The number of aliphatic carboxylic acids is 1. The first-order chi connectivity index (χ1) is 10.8. The Morgan fingerprint density at radius 2 is 1.87 bits per heavy atom. The van der Waals surface area contributed by atoms with Crippen LogP contribution < -0.4 is 10.4 Å². The van der Waals surface area contributed by atoms with Gasteiger partial charge in [-0.25, -0.2) is 4.98 Å². The highest BCUT2D eigenvalue weighted by atomic mass is 32.1. The molecule has 0 aliphatic heterocycles. The fourth-order valence-electron chi connectivity index (χ4n) is 2.47. The molecule has 0 saturated carbocycles. The number of thiazole rings is 1. The van der Waals surface area contributed by atoms with Crippen molar-refractivity contribution in [2.45, 2.75) is 40.0 Å². The summed E-state index contributed by atoms with van der Waals surface area (Å²) in [6.45, 7) is 7.70. The first-order valence-corrected chi connectivity index (χ1v) is 8.18. The van der Waals surface area contributed by atoms with Crippen molar-refractivity contribution in [2.75, 3.05) is 5.32 Å². The maximum Gasteiger partial charge on any atom is 0.234 e. The molecule has 5 nitrogen and oxygen atoms in total. The Kier molecular flexibility index (Phi) is 5.15. The van der Waals surface area contributed by atoms with Crippen LogP contribution in [0.15, 0.2) is 17.5 Å².